The molecule has 2 heteroatoms. The molecule has 1 aromatic rings. The van der Waals surface area contributed by atoms with Crippen molar-refractivity contribution in [2.75, 3.05) is 0 Å². The van der Waals surface area contributed by atoms with Crippen molar-refractivity contribution >= 4 is 0 Å². The van der Waals surface area contributed by atoms with Gasteiger partial charge in [-0.2, -0.15) is 0 Å². The van der Waals surface area contributed by atoms with E-state index in [9.17, 15) is 10.2 Å². The fourth-order valence-electron chi connectivity index (χ4n) is 8.15. The van der Waals surface area contributed by atoms with Gasteiger partial charge in [0, 0.05) is 11.0 Å². The number of hydrogen-bond donors (Lipinski definition) is 2. The van der Waals surface area contributed by atoms with E-state index in [2.05, 4.69) is 25.7 Å². The zero-order valence-corrected chi connectivity index (χ0v) is 18.0. The highest BCUT2D eigenvalue weighted by Crippen LogP contribution is 2.68. The zero-order valence-electron chi connectivity index (χ0n) is 18.0. The van der Waals surface area contributed by atoms with E-state index in [-0.39, 0.29) is 11.5 Å². The second-order valence-electron chi connectivity index (χ2n) is 11.1. The third-order valence-corrected chi connectivity index (χ3v) is 9.98. The van der Waals surface area contributed by atoms with Gasteiger partial charge in [0.25, 0.3) is 0 Å². The van der Waals surface area contributed by atoms with E-state index in [1.807, 2.05) is 30.3 Å². The molecule has 0 bridgehead atoms. The highest BCUT2D eigenvalue weighted by atomic mass is 16.3. The Kier molecular flexibility index (Phi) is 4.65. The van der Waals surface area contributed by atoms with Gasteiger partial charge in [0.05, 0.1) is 6.10 Å². The SMILES string of the molecule is C[C@]12CC[C@H](O)C[C@@H]1CC[C@@H]1[C@H]3CC[C@](O)(C#Cc4ccccc4)[C@@]3(C)CC[C@@H]12. The molecule has 0 unspecified atom stereocenters. The van der Waals surface area contributed by atoms with Gasteiger partial charge in [-0.05, 0) is 99.0 Å². The molecule has 29 heavy (non-hydrogen) atoms. The molecule has 0 radical (unpaired) electrons. The van der Waals surface area contributed by atoms with Crippen LogP contribution in [0.15, 0.2) is 30.3 Å². The first kappa shape index (κ1) is 19.7. The summed E-state index contributed by atoms with van der Waals surface area (Å²) in [6, 6.07) is 10.1. The summed E-state index contributed by atoms with van der Waals surface area (Å²) in [5, 5.41) is 21.9. The second-order valence-corrected chi connectivity index (χ2v) is 11.1. The predicted molar refractivity (Wildman–Crippen MR) is 116 cm³/mol. The molecule has 0 heterocycles. The molecule has 5 rings (SSSR count). The largest absolute Gasteiger partial charge is 0.393 e. The van der Waals surface area contributed by atoms with Crippen LogP contribution >= 0.6 is 0 Å². The van der Waals surface area contributed by atoms with Gasteiger partial charge in [0.15, 0.2) is 0 Å². The van der Waals surface area contributed by atoms with E-state index < -0.39 is 5.60 Å². The molecule has 0 aromatic heterocycles. The minimum absolute atomic E-state index is 0.0803. The lowest BCUT2D eigenvalue weighted by molar-refractivity contribution is -0.144. The van der Waals surface area contributed by atoms with Crippen molar-refractivity contribution in [3.8, 4) is 11.8 Å². The van der Waals surface area contributed by atoms with Crippen molar-refractivity contribution in [3.63, 3.8) is 0 Å². The molecule has 4 saturated carbocycles. The molecule has 8 atom stereocenters. The number of benzene rings is 1. The van der Waals surface area contributed by atoms with E-state index in [0.717, 1.165) is 49.5 Å². The molecule has 0 spiro atoms. The Morgan fingerprint density at radius 1 is 0.897 bits per heavy atom. The maximum atomic E-state index is 11.7. The summed E-state index contributed by atoms with van der Waals surface area (Å²) in [5.41, 5.74) is 0.433. The number of aliphatic hydroxyl groups is 2. The molecular weight excluding hydrogens is 356 g/mol. The number of hydrogen-bond acceptors (Lipinski definition) is 2. The van der Waals surface area contributed by atoms with Gasteiger partial charge in [-0.3, -0.25) is 0 Å². The van der Waals surface area contributed by atoms with E-state index >= 15 is 0 Å². The Hall–Kier alpha value is -1.30. The monoisotopic (exact) mass is 392 g/mol. The number of aliphatic hydroxyl groups excluding tert-OH is 1. The number of fused-ring (bicyclic) bond motifs is 5. The Morgan fingerprint density at radius 3 is 2.45 bits per heavy atom. The van der Waals surface area contributed by atoms with Gasteiger partial charge in [-0.1, -0.05) is 43.9 Å². The third kappa shape index (κ3) is 2.92. The normalized spacial score (nSPS) is 48.6. The highest BCUT2D eigenvalue weighted by Gasteiger charge is 2.64. The van der Waals surface area contributed by atoms with Crippen LogP contribution in [-0.2, 0) is 0 Å². The number of rotatable bonds is 0. The van der Waals surface area contributed by atoms with Crippen molar-refractivity contribution in [2.45, 2.75) is 83.3 Å². The van der Waals surface area contributed by atoms with Crippen LogP contribution in [0, 0.1) is 46.3 Å². The van der Waals surface area contributed by atoms with Crippen LogP contribution in [-0.4, -0.2) is 21.9 Å². The standard InChI is InChI=1S/C27H36O2/c1-25-14-11-21(28)18-20(25)8-9-22-23(25)12-15-26(2)24(22)13-17-27(26,29)16-10-19-6-4-3-5-7-19/h3-7,20-24,28-29H,8-9,11-15,17-18H2,1-2H3/t20-,21-,22-,23-,24+,25-,26-,27+/m0/s1. The first-order valence-corrected chi connectivity index (χ1v) is 11.8. The quantitative estimate of drug-likeness (QED) is 0.598. The van der Waals surface area contributed by atoms with Gasteiger partial charge in [0.1, 0.15) is 5.60 Å². The molecule has 2 N–H and O–H groups in total. The Bertz CT molecular complexity index is 822. The molecule has 4 fully saturated rings. The highest BCUT2D eigenvalue weighted by molar-refractivity contribution is 5.38. The van der Waals surface area contributed by atoms with Crippen LogP contribution in [0.25, 0.3) is 0 Å². The first-order chi connectivity index (χ1) is 13.9. The van der Waals surface area contributed by atoms with Crippen LogP contribution in [0.4, 0.5) is 0 Å². The fourth-order valence-corrected chi connectivity index (χ4v) is 8.15. The minimum Gasteiger partial charge on any atom is -0.393 e. The van der Waals surface area contributed by atoms with Gasteiger partial charge in [-0.25, -0.2) is 0 Å². The summed E-state index contributed by atoms with van der Waals surface area (Å²) >= 11 is 0. The Morgan fingerprint density at radius 2 is 1.66 bits per heavy atom. The van der Waals surface area contributed by atoms with Gasteiger partial charge < -0.3 is 10.2 Å². The maximum absolute atomic E-state index is 11.7. The van der Waals surface area contributed by atoms with Crippen molar-refractivity contribution in [1.82, 2.24) is 0 Å². The van der Waals surface area contributed by atoms with Crippen molar-refractivity contribution < 1.29 is 10.2 Å². The first-order valence-electron chi connectivity index (χ1n) is 11.8. The molecule has 2 nitrogen and oxygen atoms in total. The van der Waals surface area contributed by atoms with Gasteiger partial charge in [-0.15, -0.1) is 0 Å². The van der Waals surface area contributed by atoms with E-state index in [1.54, 1.807) is 0 Å². The molecule has 0 saturated heterocycles. The van der Waals surface area contributed by atoms with E-state index in [4.69, 9.17) is 0 Å². The summed E-state index contributed by atoms with van der Waals surface area (Å²) in [6.07, 6.45) is 9.86. The topological polar surface area (TPSA) is 40.5 Å². The van der Waals surface area contributed by atoms with Crippen molar-refractivity contribution in [3.05, 3.63) is 35.9 Å². The smallest absolute Gasteiger partial charge is 0.131 e. The van der Waals surface area contributed by atoms with Crippen LogP contribution in [0.1, 0.15) is 77.2 Å². The Labute approximate surface area is 176 Å². The van der Waals surface area contributed by atoms with Crippen molar-refractivity contribution in [1.29, 1.82) is 0 Å². The molecule has 4 aliphatic rings. The van der Waals surface area contributed by atoms with Crippen LogP contribution in [0.2, 0.25) is 0 Å². The van der Waals surface area contributed by atoms with Crippen molar-refractivity contribution in [2.24, 2.45) is 34.5 Å². The van der Waals surface area contributed by atoms with Gasteiger partial charge >= 0.3 is 0 Å². The van der Waals surface area contributed by atoms with E-state index in [0.29, 0.717) is 17.3 Å². The van der Waals surface area contributed by atoms with Gasteiger partial charge in [0.2, 0.25) is 0 Å². The molecule has 4 aliphatic carbocycles. The third-order valence-electron chi connectivity index (χ3n) is 9.98. The lowest BCUT2D eigenvalue weighted by Crippen LogP contribution is -2.56. The maximum Gasteiger partial charge on any atom is 0.131 e. The molecule has 156 valence electrons. The Balaban J connectivity index is 1.42. The fraction of sp³-hybridized carbons (Fsp3) is 0.704. The van der Waals surface area contributed by atoms with Crippen LogP contribution in [0.5, 0.6) is 0 Å². The average molecular weight is 393 g/mol. The lowest BCUT2D eigenvalue weighted by atomic mass is 9.44. The molecule has 0 aliphatic heterocycles. The summed E-state index contributed by atoms with van der Waals surface area (Å²) in [4.78, 5) is 0. The van der Waals surface area contributed by atoms with E-state index in [1.165, 1.54) is 25.7 Å². The summed E-state index contributed by atoms with van der Waals surface area (Å²) in [6.45, 7) is 4.86. The minimum atomic E-state index is -0.862. The molecular formula is C27H36O2. The van der Waals surface area contributed by atoms with Crippen LogP contribution in [0.3, 0.4) is 0 Å². The molecule has 0 amide bonds. The summed E-state index contributed by atoms with van der Waals surface area (Å²) in [5.74, 6) is 9.40. The zero-order chi connectivity index (χ0) is 20.3. The lowest BCUT2D eigenvalue weighted by Gasteiger charge is -2.61. The summed E-state index contributed by atoms with van der Waals surface area (Å²) < 4.78 is 0. The molecule has 1 aromatic carbocycles. The van der Waals surface area contributed by atoms with Crippen LogP contribution < -0.4 is 0 Å². The second kappa shape index (κ2) is 6.86. The average Bonchev–Trinajstić information content (AvgIpc) is 2.99. The predicted octanol–water partition coefficient (Wildman–Crippen LogP) is 5.17. The summed E-state index contributed by atoms with van der Waals surface area (Å²) in [7, 11) is 0.